The molecule has 3 N–H and O–H groups in total. The first-order chi connectivity index (χ1) is 9.16. The van der Waals surface area contributed by atoms with Gasteiger partial charge in [-0.1, -0.05) is 24.3 Å². The van der Waals surface area contributed by atoms with Crippen molar-refractivity contribution in [2.45, 2.75) is 4.90 Å². The second kappa shape index (κ2) is 6.24. The van der Waals surface area contributed by atoms with E-state index in [9.17, 15) is 9.18 Å². The number of anilines is 2. The molecule has 2 aromatic rings. The van der Waals surface area contributed by atoms with E-state index in [1.54, 1.807) is 18.2 Å². The lowest BCUT2D eigenvalue weighted by atomic mass is 10.3. The van der Waals surface area contributed by atoms with Gasteiger partial charge in [0.15, 0.2) is 0 Å². The summed E-state index contributed by atoms with van der Waals surface area (Å²) in [6.45, 7) is 0. The number of para-hydroxylation sites is 2. The first-order valence-corrected chi connectivity index (χ1v) is 6.67. The predicted molar refractivity (Wildman–Crippen MR) is 76.6 cm³/mol. The Bertz CT molecular complexity index is 589. The summed E-state index contributed by atoms with van der Waals surface area (Å²) in [4.78, 5) is 12.5. The number of nitrogens with one attached hydrogen (secondary N) is 1. The Kier molecular flexibility index (Phi) is 4.41. The average molecular weight is 276 g/mol. The van der Waals surface area contributed by atoms with Gasteiger partial charge in [-0.05, 0) is 24.3 Å². The maximum absolute atomic E-state index is 13.3. The number of hydrogen-bond acceptors (Lipinski definition) is 3. The van der Waals surface area contributed by atoms with Crippen LogP contribution in [0.2, 0.25) is 0 Å². The minimum atomic E-state index is -0.444. The van der Waals surface area contributed by atoms with Crippen molar-refractivity contribution in [3.8, 4) is 0 Å². The number of carbonyl (C=O) groups excluding carboxylic acids is 1. The third-order valence-corrected chi connectivity index (χ3v) is 3.52. The minimum absolute atomic E-state index is 0.183. The fourth-order valence-electron chi connectivity index (χ4n) is 1.50. The molecule has 0 saturated heterocycles. The monoisotopic (exact) mass is 276 g/mol. The third kappa shape index (κ3) is 3.72. The Balaban J connectivity index is 1.92. The molecule has 0 aliphatic heterocycles. The van der Waals surface area contributed by atoms with E-state index in [-0.39, 0.29) is 17.3 Å². The molecule has 0 aromatic heterocycles. The summed E-state index contributed by atoms with van der Waals surface area (Å²) < 4.78 is 13.3. The Morgan fingerprint density at radius 2 is 1.84 bits per heavy atom. The van der Waals surface area contributed by atoms with E-state index in [2.05, 4.69) is 5.32 Å². The molecule has 98 valence electrons. The van der Waals surface area contributed by atoms with Crippen molar-refractivity contribution in [2.75, 3.05) is 16.8 Å². The van der Waals surface area contributed by atoms with Crippen LogP contribution in [-0.4, -0.2) is 11.7 Å². The molecule has 5 heteroatoms. The average Bonchev–Trinajstić information content (AvgIpc) is 2.40. The lowest BCUT2D eigenvalue weighted by Crippen LogP contribution is -2.15. The van der Waals surface area contributed by atoms with Crippen LogP contribution in [0.4, 0.5) is 15.8 Å². The predicted octanol–water partition coefficient (Wildman–Crippen LogP) is 3.14. The molecular formula is C14H13FN2OS. The Morgan fingerprint density at radius 1 is 1.16 bits per heavy atom. The van der Waals surface area contributed by atoms with Crippen LogP contribution in [0, 0.1) is 5.82 Å². The van der Waals surface area contributed by atoms with Crippen LogP contribution in [-0.2, 0) is 4.79 Å². The van der Waals surface area contributed by atoms with Crippen molar-refractivity contribution in [2.24, 2.45) is 0 Å². The van der Waals surface area contributed by atoms with E-state index >= 15 is 0 Å². The van der Waals surface area contributed by atoms with Crippen molar-refractivity contribution in [3.63, 3.8) is 0 Å². The number of rotatable bonds is 4. The molecule has 0 saturated carbocycles. The molecule has 0 aliphatic rings. The van der Waals surface area contributed by atoms with Gasteiger partial charge in [0, 0.05) is 10.6 Å². The summed E-state index contributed by atoms with van der Waals surface area (Å²) in [5, 5.41) is 2.52. The van der Waals surface area contributed by atoms with Crippen LogP contribution in [0.25, 0.3) is 0 Å². The van der Waals surface area contributed by atoms with Gasteiger partial charge >= 0.3 is 0 Å². The van der Waals surface area contributed by atoms with Crippen LogP contribution < -0.4 is 11.1 Å². The summed E-state index contributed by atoms with van der Waals surface area (Å²) in [6.07, 6.45) is 0. The Morgan fingerprint density at radius 3 is 2.58 bits per heavy atom. The minimum Gasteiger partial charge on any atom is -0.398 e. The summed E-state index contributed by atoms with van der Waals surface area (Å²) >= 11 is 1.32. The lowest BCUT2D eigenvalue weighted by molar-refractivity contribution is -0.113. The molecular weight excluding hydrogens is 263 g/mol. The molecule has 0 aliphatic carbocycles. The Labute approximate surface area is 115 Å². The van der Waals surface area contributed by atoms with Gasteiger partial charge in [0.1, 0.15) is 5.82 Å². The van der Waals surface area contributed by atoms with Gasteiger partial charge in [-0.15, -0.1) is 11.8 Å². The maximum atomic E-state index is 13.3. The summed E-state index contributed by atoms with van der Waals surface area (Å²) in [6, 6.07) is 13.4. The highest BCUT2D eigenvalue weighted by molar-refractivity contribution is 8.00. The zero-order valence-electron chi connectivity index (χ0n) is 10.1. The van der Waals surface area contributed by atoms with E-state index in [4.69, 9.17) is 5.73 Å². The summed E-state index contributed by atoms with van der Waals surface area (Å²) in [5.74, 6) is -0.527. The first kappa shape index (κ1) is 13.4. The van der Waals surface area contributed by atoms with Crippen molar-refractivity contribution >= 4 is 29.0 Å². The van der Waals surface area contributed by atoms with Crippen LogP contribution >= 0.6 is 11.8 Å². The summed E-state index contributed by atoms with van der Waals surface area (Å²) in [5.41, 5.74) is 6.59. The largest absolute Gasteiger partial charge is 0.398 e. The highest BCUT2D eigenvalue weighted by Crippen LogP contribution is 2.24. The standard InChI is InChI=1S/C14H13FN2OS/c15-10-5-1-3-7-12(10)17-14(18)9-19-13-8-4-2-6-11(13)16/h1-8H,9,16H2,(H,17,18). The molecule has 0 atom stereocenters. The van der Waals surface area contributed by atoms with Gasteiger partial charge in [-0.2, -0.15) is 0 Å². The van der Waals surface area contributed by atoms with Gasteiger partial charge in [-0.3, -0.25) is 4.79 Å². The normalized spacial score (nSPS) is 10.2. The van der Waals surface area contributed by atoms with E-state index < -0.39 is 5.82 Å². The zero-order chi connectivity index (χ0) is 13.7. The quantitative estimate of drug-likeness (QED) is 0.666. The second-order valence-electron chi connectivity index (χ2n) is 3.85. The molecule has 19 heavy (non-hydrogen) atoms. The van der Waals surface area contributed by atoms with Gasteiger partial charge in [0.05, 0.1) is 11.4 Å². The van der Waals surface area contributed by atoms with Crippen molar-refractivity contribution in [1.82, 2.24) is 0 Å². The molecule has 0 fully saturated rings. The van der Waals surface area contributed by atoms with Crippen molar-refractivity contribution < 1.29 is 9.18 Å². The van der Waals surface area contributed by atoms with Crippen LogP contribution in [0.5, 0.6) is 0 Å². The smallest absolute Gasteiger partial charge is 0.234 e. The van der Waals surface area contributed by atoms with Gasteiger partial charge in [0.2, 0.25) is 5.91 Å². The number of nitrogen functional groups attached to an aromatic ring is 1. The van der Waals surface area contributed by atoms with Crippen LogP contribution in [0.15, 0.2) is 53.4 Å². The molecule has 0 bridgehead atoms. The van der Waals surface area contributed by atoms with E-state index in [1.165, 1.54) is 23.9 Å². The number of amides is 1. The highest BCUT2D eigenvalue weighted by atomic mass is 32.2. The lowest BCUT2D eigenvalue weighted by Gasteiger charge is -2.07. The number of hydrogen-bond donors (Lipinski definition) is 2. The molecule has 0 radical (unpaired) electrons. The third-order valence-electron chi connectivity index (χ3n) is 2.43. The fraction of sp³-hybridized carbons (Fsp3) is 0.0714. The molecule has 0 spiro atoms. The summed E-state index contributed by atoms with van der Waals surface area (Å²) in [7, 11) is 0. The molecule has 0 unspecified atom stereocenters. The number of thioether (sulfide) groups is 1. The van der Waals surface area contributed by atoms with Gasteiger partial charge < -0.3 is 11.1 Å². The molecule has 3 nitrogen and oxygen atoms in total. The molecule has 0 heterocycles. The Hall–Kier alpha value is -2.01. The number of halogens is 1. The second-order valence-corrected chi connectivity index (χ2v) is 4.87. The van der Waals surface area contributed by atoms with Crippen LogP contribution in [0.3, 0.4) is 0 Å². The molecule has 2 aromatic carbocycles. The van der Waals surface area contributed by atoms with E-state index in [0.29, 0.717) is 5.69 Å². The van der Waals surface area contributed by atoms with Crippen molar-refractivity contribution in [3.05, 3.63) is 54.3 Å². The van der Waals surface area contributed by atoms with Crippen LogP contribution in [0.1, 0.15) is 0 Å². The first-order valence-electron chi connectivity index (χ1n) is 5.68. The van der Waals surface area contributed by atoms with Gasteiger partial charge in [0.25, 0.3) is 0 Å². The number of carbonyl (C=O) groups is 1. The highest BCUT2D eigenvalue weighted by Gasteiger charge is 2.07. The molecule has 1 amide bonds. The van der Waals surface area contributed by atoms with E-state index in [1.807, 2.05) is 18.2 Å². The fourth-order valence-corrected chi connectivity index (χ4v) is 2.27. The zero-order valence-corrected chi connectivity index (χ0v) is 10.9. The SMILES string of the molecule is Nc1ccccc1SCC(=O)Nc1ccccc1F. The topological polar surface area (TPSA) is 55.1 Å². The van der Waals surface area contributed by atoms with Gasteiger partial charge in [-0.25, -0.2) is 4.39 Å². The maximum Gasteiger partial charge on any atom is 0.234 e. The molecule has 2 rings (SSSR count). The number of nitrogens with two attached hydrogens (primary N) is 1. The van der Waals surface area contributed by atoms with Crippen molar-refractivity contribution in [1.29, 1.82) is 0 Å². The van der Waals surface area contributed by atoms with E-state index in [0.717, 1.165) is 4.90 Å². The number of benzene rings is 2.